The highest BCUT2D eigenvalue weighted by Crippen LogP contribution is 2.14. The number of hydrogen-bond donors (Lipinski definition) is 2. The van der Waals surface area contributed by atoms with Crippen LogP contribution in [-0.4, -0.2) is 23.7 Å². The van der Waals surface area contributed by atoms with Gasteiger partial charge in [0.1, 0.15) is 11.8 Å². The van der Waals surface area contributed by atoms with E-state index in [0.717, 1.165) is 24.3 Å². The molecule has 0 bridgehead atoms. The van der Waals surface area contributed by atoms with Crippen molar-refractivity contribution in [2.24, 2.45) is 5.73 Å². The predicted molar refractivity (Wildman–Crippen MR) is 84.6 cm³/mol. The molecule has 0 spiro atoms. The molecule has 0 aliphatic rings. The Morgan fingerprint density at radius 1 is 1.14 bits per heavy atom. The van der Waals surface area contributed by atoms with Crippen LogP contribution in [0.5, 0.6) is 5.75 Å². The van der Waals surface area contributed by atoms with E-state index in [1.165, 1.54) is 32.1 Å². The number of rotatable bonds is 11. The molecule has 3 N–H and O–H groups in total. The van der Waals surface area contributed by atoms with Gasteiger partial charge in [-0.2, -0.15) is 0 Å². The lowest BCUT2D eigenvalue weighted by Crippen LogP contribution is -2.32. The lowest BCUT2D eigenvalue weighted by atomic mass is 10.1. The van der Waals surface area contributed by atoms with E-state index in [9.17, 15) is 4.79 Å². The lowest BCUT2D eigenvalue weighted by Gasteiger charge is -2.09. The third-order valence-corrected chi connectivity index (χ3v) is 3.46. The Kier molecular flexibility index (Phi) is 8.51. The second-order valence-corrected chi connectivity index (χ2v) is 5.41. The van der Waals surface area contributed by atoms with Crippen LogP contribution in [0.1, 0.15) is 51.0 Å². The Balaban J connectivity index is 2.20. The van der Waals surface area contributed by atoms with Crippen LogP contribution in [0, 0.1) is 0 Å². The Morgan fingerprint density at radius 3 is 2.38 bits per heavy atom. The van der Waals surface area contributed by atoms with Gasteiger partial charge in [0.05, 0.1) is 6.61 Å². The van der Waals surface area contributed by atoms with Crippen LogP contribution >= 0.6 is 0 Å². The number of benzene rings is 1. The minimum Gasteiger partial charge on any atom is -0.494 e. The van der Waals surface area contributed by atoms with Gasteiger partial charge in [0.15, 0.2) is 0 Å². The highest BCUT2D eigenvalue weighted by atomic mass is 16.5. The van der Waals surface area contributed by atoms with Gasteiger partial charge in [-0.15, -0.1) is 0 Å². The van der Waals surface area contributed by atoms with E-state index >= 15 is 0 Å². The highest BCUT2D eigenvalue weighted by Gasteiger charge is 2.11. The summed E-state index contributed by atoms with van der Waals surface area (Å²) in [6, 6.07) is 6.65. The van der Waals surface area contributed by atoms with E-state index in [2.05, 4.69) is 6.92 Å². The lowest BCUT2D eigenvalue weighted by molar-refractivity contribution is -0.138. The fourth-order valence-electron chi connectivity index (χ4n) is 2.14. The molecule has 0 amide bonds. The maximum atomic E-state index is 10.7. The summed E-state index contributed by atoms with van der Waals surface area (Å²) in [4.78, 5) is 10.7. The normalized spacial score (nSPS) is 12.1. The van der Waals surface area contributed by atoms with Crippen LogP contribution in [-0.2, 0) is 11.2 Å². The van der Waals surface area contributed by atoms with Crippen molar-refractivity contribution in [1.82, 2.24) is 0 Å². The number of unbranched alkanes of at least 4 members (excludes halogenated alkanes) is 5. The highest BCUT2D eigenvalue weighted by molar-refractivity contribution is 5.73. The first-order valence-electron chi connectivity index (χ1n) is 7.83. The van der Waals surface area contributed by atoms with E-state index in [1.807, 2.05) is 24.3 Å². The number of carbonyl (C=O) groups is 1. The van der Waals surface area contributed by atoms with Crippen molar-refractivity contribution in [2.75, 3.05) is 6.61 Å². The van der Waals surface area contributed by atoms with Crippen molar-refractivity contribution < 1.29 is 14.6 Å². The SMILES string of the molecule is CCCCCCCCOc1ccc(C[C@H](N)C(=O)O)cc1. The van der Waals surface area contributed by atoms with Gasteiger partial charge in [-0.3, -0.25) is 4.79 Å². The zero-order chi connectivity index (χ0) is 15.5. The van der Waals surface area contributed by atoms with Crippen LogP contribution in [0.3, 0.4) is 0 Å². The molecule has 4 nitrogen and oxygen atoms in total. The van der Waals surface area contributed by atoms with Gasteiger partial charge in [0, 0.05) is 0 Å². The maximum Gasteiger partial charge on any atom is 0.320 e. The molecular weight excluding hydrogens is 266 g/mol. The topological polar surface area (TPSA) is 72.5 Å². The smallest absolute Gasteiger partial charge is 0.320 e. The van der Waals surface area contributed by atoms with E-state index < -0.39 is 12.0 Å². The van der Waals surface area contributed by atoms with Crippen molar-refractivity contribution in [3.8, 4) is 5.75 Å². The van der Waals surface area contributed by atoms with Gasteiger partial charge in [-0.25, -0.2) is 0 Å². The third-order valence-electron chi connectivity index (χ3n) is 3.46. The summed E-state index contributed by atoms with van der Waals surface area (Å²) >= 11 is 0. The molecule has 4 heteroatoms. The number of ether oxygens (including phenoxy) is 1. The van der Waals surface area contributed by atoms with Gasteiger partial charge in [-0.1, -0.05) is 51.2 Å². The second-order valence-electron chi connectivity index (χ2n) is 5.41. The zero-order valence-corrected chi connectivity index (χ0v) is 12.9. The molecule has 1 rings (SSSR count). The molecule has 0 fully saturated rings. The van der Waals surface area contributed by atoms with Crippen molar-refractivity contribution in [2.45, 2.75) is 57.9 Å². The van der Waals surface area contributed by atoms with E-state index in [4.69, 9.17) is 15.6 Å². The molecule has 0 heterocycles. The Labute approximate surface area is 127 Å². The van der Waals surface area contributed by atoms with E-state index in [0.29, 0.717) is 6.42 Å². The van der Waals surface area contributed by atoms with Crippen molar-refractivity contribution in [3.05, 3.63) is 29.8 Å². The van der Waals surface area contributed by atoms with Gasteiger partial charge < -0.3 is 15.6 Å². The first-order chi connectivity index (χ1) is 10.1. The first kappa shape index (κ1) is 17.5. The number of nitrogens with two attached hydrogens (primary N) is 1. The number of hydrogen-bond acceptors (Lipinski definition) is 3. The van der Waals surface area contributed by atoms with Crippen LogP contribution in [0.25, 0.3) is 0 Å². The fourth-order valence-corrected chi connectivity index (χ4v) is 2.14. The molecule has 0 aliphatic heterocycles. The monoisotopic (exact) mass is 293 g/mol. The van der Waals surface area contributed by atoms with Gasteiger partial charge in [0.25, 0.3) is 0 Å². The summed E-state index contributed by atoms with van der Waals surface area (Å²) in [5, 5.41) is 8.77. The first-order valence-corrected chi connectivity index (χ1v) is 7.83. The molecular formula is C17H27NO3. The molecule has 21 heavy (non-hydrogen) atoms. The number of carboxylic acids is 1. The Hall–Kier alpha value is -1.55. The van der Waals surface area contributed by atoms with E-state index in [-0.39, 0.29) is 0 Å². The zero-order valence-electron chi connectivity index (χ0n) is 12.9. The quantitative estimate of drug-likeness (QED) is 0.613. The maximum absolute atomic E-state index is 10.7. The van der Waals surface area contributed by atoms with Gasteiger partial charge in [0.2, 0.25) is 0 Å². The third kappa shape index (κ3) is 7.71. The number of carboxylic acid groups (broad SMARTS) is 1. The summed E-state index contributed by atoms with van der Waals surface area (Å²) in [5.41, 5.74) is 6.42. The molecule has 0 aliphatic carbocycles. The predicted octanol–water partition coefficient (Wildman–Crippen LogP) is 3.38. The molecule has 1 aromatic carbocycles. The molecule has 0 saturated carbocycles. The van der Waals surface area contributed by atoms with Gasteiger partial charge in [-0.05, 0) is 30.5 Å². The summed E-state index contributed by atoms with van der Waals surface area (Å²) in [5.74, 6) is -0.144. The minimum atomic E-state index is -0.974. The average Bonchev–Trinajstić information content (AvgIpc) is 2.48. The summed E-state index contributed by atoms with van der Waals surface area (Å²) in [6.45, 7) is 2.95. The van der Waals surface area contributed by atoms with Crippen LogP contribution < -0.4 is 10.5 Å². The molecule has 0 unspecified atom stereocenters. The number of aliphatic carboxylic acids is 1. The van der Waals surface area contributed by atoms with Gasteiger partial charge >= 0.3 is 5.97 Å². The van der Waals surface area contributed by atoms with Crippen LogP contribution in [0.2, 0.25) is 0 Å². The molecule has 118 valence electrons. The van der Waals surface area contributed by atoms with Crippen molar-refractivity contribution >= 4 is 5.97 Å². The molecule has 0 saturated heterocycles. The second kappa shape index (κ2) is 10.2. The summed E-state index contributed by atoms with van der Waals surface area (Å²) < 4.78 is 5.67. The summed E-state index contributed by atoms with van der Waals surface area (Å²) in [6.07, 6.45) is 7.82. The standard InChI is InChI=1S/C17H27NO3/c1-2-3-4-5-6-7-12-21-15-10-8-14(9-11-15)13-16(18)17(19)20/h8-11,16H,2-7,12-13,18H2,1H3,(H,19,20)/t16-/m0/s1. The Morgan fingerprint density at radius 2 is 1.76 bits per heavy atom. The molecule has 1 atom stereocenters. The van der Waals surface area contributed by atoms with Crippen molar-refractivity contribution in [3.63, 3.8) is 0 Å². The molecule has 0 radical (unpaired) electrons. The summed E-state index contributed by atoms with van der Waals surface area (Å²) in [7, 11) is 0. The Bertz CT molecular complexity index is 403. The average molecular weight is 293 g/mol. The van der Waals surface area contributed by atoms with Crippen molar-refractivity contribution in [1.29, 1.82) is 0 Å². The molecule has 0 aromatic heterocycles. The fraction of sp³-hybridized carbons (Fsp3) is 0.588. The van der Waals surface area contributed by atoms with E-state index in [1.54, 1.807) is 0 Å². The minimum absolute atomic E-state index is 0.340. The largest absolute Gasteiger partial charge is 0.494 e. The van der Waals surface area contributed by atoms with Crippen LogP contribution in [0.4, 0.5) is 0 Å². The molecule has 1 aromatic rings. The van der Waals surface area contributed by atoms with Crippen LogP contribution in [0.15, 0.2) is 24.3 Å².